The van der Waals surface area contributed by atoms with Gasteiger partial charge < -0.3 is 14.9 Å². The molecule has 0 spiro atoms. The van der Waals surface area contributed by atoms with Crippen molar-refractivity contribution in [1.29, 1.82) is 0 Å². The van der Waals surface area contributed by atoms with Crippen LogP contribution >= 0.6 is 11.6 Å². The number of hydrogen-bond acceptors (Lipinski definition) is 3. The molecule has 1 aromatic rings. The van der Waals surface area contributed by atoms with E-state index in [9.17, 15) is 15.0 Å². The first-order valence-corrected chi connectivity index (χ1v) is 7.12. The van der Waals surface area contributed by atoms with Crippen molar-refractivity contribution in [2.24, 2.45) is 0 Å². The quantitative estimate of drug-likeness (QED) is 0.894. The molecule has 0 unspecified atom stereocenters. The lowest BCUT2D eigenvalue weighted by atomic mass is 9.68. The molecule has 0 saturated heterocycles. The molecule has 1 aliphatic rings. The summed E-state index contributed by atoms with van der Waals surface area (Å²) in [7, 11) is 1.43. The van der Waals surface area contributed by atoms with Gasteiger partial charge in [0.05, 0.1) is 12.5 Å². The molecule has 1 aliphatic carbocycles. The van der Waals surface area contributed by atoms with Crippen LogP contribution in [0.1, 0.15) is 43.2 Å². The predicted molar refractivity (Wildman–Crippen MR) is 76.8 cm³/mol. The lowest BCUT2D eigenvalue weighted by molar-refractivity contribution is -0.145. The lowest BCUT2D eigenvalue weighted by Gasteiger charge is -2.35. The molecule has 20 heavy (non-hydrogen) atoms. The number of aliphatic carboxylic acids is 1. The van der Waals surface area contributed by atoms with Crippen LogP contribution in [-0.2, 0) is 10.2 Å². The minimum Gasteiger partial charge on any atom is -0.504 e. The summed E-state index contributed by atoms with van der Waals surface area (Å²) in [6.45, 7) is 1.75. The number of benzene rings is 1. The molecular formula is C15H19ClO4. The fraction of sp³-hybridized carbons (Fsp3) is 0.533. The van der Waals surface area contributed by atoms with Gasteiger partial charge in [-0.1, -0.05) is 30.9 Å². The first-order valence-electron chi connectivity index (χ1n) is 6.74. The van der Waals surface area contributed by atoms with Crippen LogP contribution in [0.4, 0.5) is 0 Å². The van der Waals surface area contributed by atoms with E-state index in [2.05, 4.69) is 0 Å². The fourth-order valence-electron chi connectivity index (χ4n) is 3.18. The number of carboxylic acid groups (broad SMARTS) is 1. The Morgan fingerprint density at radius 1 is 1.35 bits per heavy atom. The minimum absolute atomic E-state index is 0.0984. The Kier molecular flexibility index (Phi) is 4.14. The Balaban J connectivity index is 2.70. The van der Waals surface area contributed by atoms with Gasteiger partial charge in [-0.3, -0.25) is 4.79 Å². The summed E-state index contributed by atoms with van der Waals surface area (Å²) in [6, 6.07) is 1.52. The first kappa shape index (κ1) is 15.0. The van der Waals surface area contributed by atoms with E-state index in [1.54, 1.807) is 6.92 Å². The van der Waals surface area contributed by atoms with E-state index in [4.69, 9.17) is 16.3 Å². The normalized spacial score (nSPS) is 17.8. The van der Waals surface area contributed by atoms with Crippen LogP contribution in [0.2, 0.25) is 5.02 Å². The van der Waals surface area contributed by atoms with E-state index in [1.165, 1.54) is 13.2 Å². The maximum Gasteiger partial charge on any atom is 0.314 e. The molecule has 0 radical (unpaired) electrons. The summed E-state index contributed by atoms with van der Waals surface area (Å²) in [6.07, 6.45) is 3.72. The Labute approximate surface area is 123 Å². The molecule has 0 heterocycles. The maximum atomic E-state index is 11.9. The Morgan fingerprint density at radius 3 is 2.45 bits per heavy atom. The van der Waals surface area contributed by atoms with E-state index < -0.39 is 11.4 Å². The summed E-state index contributed by atoms with van der Waals surface area (Å²) < 4.78 is 5.11. The van der Waals surface area contributed by atoms with Gasteiger partial charge in [-0.2, -0.15) is 0 Å². The summed E-state index contributed by atoms with van der Waals surface area (Å²) >= 11 is 6.17. The molecular weight excluding hydrogens is 280 g/mol. The Morgan fingerprint density at radius 2 is 1.95 bits per heavy atom. The van der Waals surface area contributed by atoms with Crippen LogP contribution in [-0.4, -0.2) is 23.3 Å². The third kappa shape index (κ3) is 2.22. The van der Waals surface area contributed by atoms with Gasteiger partial charge in [0.15, 0.2) is 11.5 Å². The van der Waals surface area contributed by atoms with Crippen molar-refractivity contribution in [3.05, 3.63) is 22.2 Å². The molecule has 110 valence electrons. The van der Waals surface area contributed by atoms with Crippen molar-refractivity contribution in [2.75, 3.05) is 7.11 Å². The molecule has 4 nitrogen and oxygen atoms in total. The maximum absolute atomic E-state index is 11.9. The molecule has 0 amide bonds. The highest BCUT2D eigenvalue weighted by atomic mass is 35.5. The monoisotopic (exact) mass is 298 g/mol. The van der Waals surface area contributed by atoms with Gasteiger partial charge in [0.25, 0.3) is 0 Å². The number of rotatable bonds is 3. The molecule has 1 aromatic carbocycles. The highest BCUT2D eigenvalue weighted by molar-refractivity contribution is 6.31. The molecule has 0 bridgehead atoms. The molecule has 5 heteroatoms. The Hall–Kier alpha value is -1.42. The Bertz CT molecular complexity index is 533. The van der Waals surface area contributed by atoms with Crippen molar-refractivity contribution in [1.82, 2.24) is 0 Å². The summed E-state index contributed by atoms with van der Waals surface area (Å²) in [5.74, 6) is -0.777. The van der Waals surface area contributed by atoms with Crippen LogP contribution in [0.15, 0.2) is 6.07 Å². The number of carbonyl (C=O) groups is 1. The van der Waals surface area contributed by atoms with E-state index in [0.29, 0.717) is 29.0 Å². The number of phenolic OH excluding ortho intramolecular Hbond substituents is 1. The third-order valence-corrected chi connectivity index (χ3v) is 4.67. The summed E-state index contributed by atoms with van der Waals surface area (Å²) in [5, 5.41) is 20.6. The van der Waals surface area contributed by atoms with E-state index in [0.717, 1.165) is 19.3 Å². The van der Waals surface area contributed by atoms with Crippen molar-refractivity contribution in [3.8, 4) is 11.5 Å². The predicted octanol–water partition coefficient (Wildman–Crippen LogP) is 3.65. The topological polar surface area (TPSA) is 66.8 Å². The van der Waals surface area contributed by atoms with Gasteiger partial charge in [-0.25, -0.2) is 0 Å². The fourth-order valence-corrected chi connectivity index (χ4v) is 3.37. The number of ether oxygens (including phenoxy) is 1. The number of aromatic hydroxyl groups is 1. The molecule has 2 rings (SSSR count). The van der Waals surface area contributed by atoms with Crippen molar-refractivity contribution >= 4 is 17.6 Å². The van der Waals surface area contributed by atoms with E-state index >= 15 is 0 Å². The summed E-state index contributed by atoms with van der Waals surface area (Å²) in [4.78, 5) is 11.9. The highest BCUT2D eigenvalue weighted by Crippen LogP contribution is 2.49. The second-order valence-electron chi connectivity index (χ2n) is 5.36. The average Bonchev–Trinajstić information content (AvgIpc) is 2.44. The molecule has 1 fully saturated rings. The third-order valence-electron chi connectivity index (χ3n) is 4.28. The number of halogens is 1. The number of hydrogen-bond donors (Lipinski definition) is 2. The zero-order chi connectivity index (χ0) is 14.9. The molecule has 0 atom stereocenters. The molecule has 0 aliphatic heterocycles. The summed E-state index contributed by atoms with van der Waals surface area (Å²) in [5.41, 5.74) is -0.0340. The van der Waals surface area contributed by atoms with Crippen LogP contribution in [0.25, 0.3) is 0 Å². The van der Waals surface area contributed by atoms with E-state index in [1.807, 2.05) is 0 Å². The van der Waals surface area contributed by atoms with Crippen LogP contribution < -0.4 is 4.74 Å². The van der Waals surface area contributed by atoms with Gasteiger partial charge in [-0.15, -0.1) is 0 Å². The van der Waals surface area contributed by atoms with Crippen molar-refractivity contribution in [2.45, 2.75) is 44.4 Å². The van der Waals surface area contributed by atoms with Gasteiger partial charge >= 0.3 is 5.97 Å². The molecule has 2 N–H and O–H groups in total. The largest absolute Gasteiger partial charge is 0.504 e. The van der Waals surface area contributed by atoms with Crippen molar-refractivity contribution < 1.29 is 19.7 Å². The SMILES string of the molecule is COc1cc(Cl)c(C)c(C2(C(=O)O)CCCCC2)c1O. The second kappa shape index (κ2) is 5.52. The standard InChI is InChI=1S/C15H19ClO4/c1-9-10(16)8-11(20-2)13(17)12(9)15(14(18)19)6-4-3-5-7-15/h8,17H,3-7H2,1-2H3,(H,18,19). The minimum atomic E-state index is -1.06. The number of carboxylic acids is 1. The highest BCUT2D eigenvalue weighted by Gasteiger charge is 2.45. The first-order chi connectivity index (χ1) is 9.44. The van der Waals surface area contributed by atoms with Gasteiger partial charge in [0.2, 0.25) is 0 Å². The van der Waals surface area contributed by atoms with E-state index in [-0.39, 0.29) is 11.5 Å². The van der Waals surface area contributed by atoms with Crippen LogP contribution in [0.3, 0.4) is 0 Å². The zero-order valence-electron chi connectivity index (χ0n) is 11.7. The van der Waals surface area contributed by atoms with Gasteiger partial charge in [-0.05, 0) is 25.3 Å². The lowest BCUT2D eigenvalue weighted by Crippen LogP contribution is -2.38. The average molecular weight is 299 g/mol. The van der Waals surface area contributed by atoms with Crippen LogP contribution in [0.5, 0.6) is 11.5 Å². The number of phenols is 1. The van der Waals surface area contributed by atoms with Crippen LogP contribution in [0, 0.1) is 6.92 Å². The smallest absolute Gasteiger partial charge is 0.314 e. The van der Waals surface area contributed by atoms with Gasteiger partial charge in [0, 0.05) is 16.7 Å². The van der Waals surface area contributed by atoms with Gasteiger partial charge in [0.1, 0.15) is 0 Å². The molecule has 0 aromatic heterocycles. The number of methoxy groups -OCH3 is 1. The zero-order valence-corrected chi connectivity index (χ0v) is 12.5. The second-order valence-corrected chi connectivity index (χ2v) is 5.76. The van der Waals surface area contributed by atoms with Crippen molar-refractivity contribution in [3.63, 3.8) is 0 Å². The molecule has 1 saturated carbocycles.